The lowest BCUT2D eigenvalue weighted by molar-refractivity contribution is 0.178. The molecule has 16 heavy (non-hydrogen) atoms. The van der Waals surface area contributed by atoms with Crippen LogP contribution >= 0.6 is 0 Å². The largest absolute Gasteiger partial charge is 0.385 e. The first-order valence-electron chi connectivity index (χ1n) is 5.75. The van der Waals surface area contributed by atoms with Crippen molar-refractivity contribution in [3.8, 4) is 0 Å². The van der Waals surface area contributed by atoms with Gasteiger partial charge in [-0.05, 0) is 13.3 Å². The Balaban J connectivity index is 2.55. The lowest BCUT2D eigenvalue weighted by atomic mass is 10.2. The summed E-state index contributed by atoms with van der Waals surface area (Å²) in [4.78, 5) is 4.27. The van der Waals surface area contributed by atoms with Crippen molar-refractivity contribution >= 4 is 0 Å². The zero-order valence-electron chi connectivity index (χ0n) is 10.6. The summed E-state index contributed by atoms with van der Waals surface area (Å²) in [5.74, 6) is 0.984. The first kappa shape index (κ1) is 13.1. The van der Waals surface area contributed by atoms with E-state index in [1.807, 2.05) is 4.68 Å². The van der Waals surface area contributed by atoms with Gasteiger partial charge in [0, 0.05) is 19.8 Å². The number of hydrogen-bond acceptors (Lipinski definition) is 4. The summed E-state index contributed by atoms with van der Waals surface area (Å²) in [5, 5.41) is 7.60. The summed E-state index contributed by atoms with van der Waals surface area (Å²) in [6.07, 6.45) is 2.56. The smallest absolute Gasteiger partial charge is 0.141 e. The molecule has 0 saturated heterocycles. The maximum Gasteiger partial charge on any atom is 0.141 e. The van der Waals surface area contributed by atoms with E-state index in [9.17, 15) is 0 Å². The predicted octanol–water partition coefficient (Wildman–Crippen LogP) is 1.37. The Morgan fingerprint density at radius 3 is 2.81 bits per heavy atom. The highest BCUT2D eigenvalue weighted by Crippen LogP contribution is 2.11. The van der Waals surface area contributed by atoms with Gasteiger partial charge in [0.1, 0.15) is 12.2 Å². The van der Waals surface area contributed by atoms with Crippen LogP contribution < -0.4 is 5.32 Å². The molecule has 0 radical (unpaired) electrons. The van der Waals surface area contributed by atoms with Gasteiger partial charge in [0.2, 0.25) is 0 Å². The Bertz CT molecular complexity index is 298. The van der Waals surface area contributed by atoms with Crippen molar-refractivity contribution in [2.75, 3.05) is 13.7 Å². The Hall–Kier alpha value is -0.940. The average Bonchev–Trinajstić information content (AvgIpc) is 2.71. The highest BCUT2D eigenvalue weighted by Gasteiger charge is 2.11. The van der Waals surface area contributed by atoms with Crippen LogP contribution in [0.5, 0.6) is 0 Å². The Labute approximate surface area is 97.2 Å². The maximum atomic E-state index is 5.07. The lowest BCUT2D eigenvalue weighted by Gasteiger charge is -2.15. The van der Waals surface area contributed by atoms with Gasteiger partial charge in [-0.2, -0.15) is 5.10 Å². The van der Waals surface area contributed by atoms with Crippen molar-refractivity contribution in [3.05, 3.63) is 12.2 Å². The molecule has 0 bridgehead atoms. The molecule has 0 fully saturated rings. The summed E-state index contributed by atoms with van der Waals surface area (Å²) >= 11 is 0. The standard InChI is InChI=1S/C11H22N4O/c1-9(2)12-7-11-13-8-14-15(11)10(3)5-6-16-4/h8-10,12H,5-7H2,1-4H3. The van der Waals surface area contributed by atoms with Crippen molar-refractivity contribution in [2.24, 2.45) is 0 Å². The third-order valence-corrected chi connectivity index (χ3v) is 2.47. The predicted molar refractivity (Wildman–Crippen MR) is 63.2 cm³/mol. The van der Waals surface area contributed by atoms with Crippen LogP contribution in [0.4, 0.5) is 0 Å². The van der Waals surface area contributed by atoms with Gasteiger partial charge >= 0.3 is 0 Å². The SMILES string of the molecule is COCCC(C)n1ncnc1CNC(C)C. The average molecular weight is 226 g/mol. The van der Waals surface area contributed by atoms with E-state index in [2.05, 4.69) is 36.2 Å². The molecule has 1 rings (SSSR count). The number of methoxy groups -OCH3 is 1. The third kappa shape index (κ3) is 3.90. The highest BCUT2D eigenvalue weighted by atomic mass is 16.5. The molecule has 0 aliphatic rings. The van der Waals surface area contributed by atoms with Gasteiger partial charge in [-0.3, -0.25) is 0 Å². The second-order valence-electron chi connectivity index (χ2n) is 4.29. The highest BCUT2D eigenvalue weighted by molar-refractivity contribution is 4.86. The molecule has 1 atom stereocenters. The minimum Gasteiger partial charge on any atom is -0.385 e. The molecule has 5 heteroatoms. The van der Waals surface area contributed by atoms with Gasteiger partial charge in [-0.1, -0.05) is 13.8 Å². The summed E-state index contributed by atoms with van der Waals surface area (Å²) in [7, 11) is 1.72. The fourth-order valence-corrected chi connectivity index (χ4v) is 1.47. The van der Waals surface area contributed by atoms with Crippen LogP contribution in [-0.4, -0.2) is 34.5 Å². The van der Waals surface area contributed by atoms with Crippen LogP contribution in [0.1, 0.15) is 39.1 Å². The van der Waals surface area contributed by atoms with Crippen LogP contribution in [0.15, 0.2) is 6.33 Å². The lowest BCUT2D eigenvalue weighted by Crippen LogP contribution is -2.25. The van der Waals surface area contributed by atoms with Gasteiger partial charge in [0.15, 0.2) is 0 Å². The van der Waals surface area contributed by atoms with Crippen molar-refractivity contribution in [1.29, 1.82) is 0 Å². The summed E-state index contributed by atoms with van der Waals surface area (Å²) in [6.45, 7) is 7.88. The number of nitrogens with one attached hydrogen (secondary N) is 1. The summed E-state index contributed by atoms with van der Waals surface area (Å²) < 4.78 is 7.04. The van der Waals surface area contributed by atoms with Crippen molar-refractivity contribution in [3.63, 3.8) is 0 Å². The molecule has 0 aliphatic heterocycles. The molecule has 1 aromatic heterocycles. The summed E-state index contributed by atoms with van der Waals surface area (Å²) in [6, 6.07) is 0.783. The second kappa shape index (κ2) is 6.60. The zero-order chi connectivity index (χ0) is 12.0. The molecular weight excluding hydrogens is 204 g/mol. The molecule has 5 nitrogen and oxygen atoms in total. The van der Waals surface area contributed by atoms with E-state index in [0.29, 0.717) is 12.1 Å². The second-order valence-corrected chi connectivity index (χ2v) is 4.29. The van der Waals surface area contributed by atoms with Crippen LogP contribution in [0.2, 0.25) is 0 Å². The number of nitrogens with zero attached hydrogens (tertiary/aromatic N) is 3. The molecule has 1 aromatic rings. The molecule has 1 N–H and O–H groups in total. The van der Waals surface area contributed by atoms with Crippen molar-refractivity contribution < 1.29 is 4.74 Å². The van der Waals surface area contributed by atoms with E-state index in [1.165, 1.54) is 0 Å². The number of rotatable bonds is 7. The fraction of sp³-hybridized carbons (Fsp3) is 0.818. The van der Waals surface area contributed by atoms with Gasteiger partial charge in [-0.25, -0.2) is 9.67 Å². The molecule has 92 valence electrons. The van der Waals surface area contributed by atoms with E-state index in [-0.39, 0.29) is 0 Å². The molecule has 0 spiro atoms. The molecule has 0 aromatic carbocycles. The van der Waals surface area contributed by atoms with Gasteiger partial charge < -0.3 is 10.1 Å². The van der Waals surface area contributed by atoms with Crippen LogP contribution in [0, 0.1) is 0 Å². The molecular formula is C11H22N4O. The maximum absolute atomic E-state index is 5.07. The quantitative estimate of drug-likeness (QED) is 0.763. The normalized spacial score (nSPS) is 13.3. The summed E-state index contributed by atoms with van der Waals surface area (Å²) in [5.41, 5.74) is 0. The van der Waals surface area contributed by atoms with E-state index < -0.39 is 0 Å². The number of aromatic nitrogens is 3. The van der Waals surface area contributed by atoms with E-state index in [0.717, 1.165) is 25.4 Å². The number of ether oxygens (including phenoxy) is 1. The zero-order valence-corrected chi connectivity index (χ0v) is 10.6. The van der Waals surface area contributed by atoms with Crippen LogP contribution in [0.3, 0.4) is 0 Å². The fourth-order valence-electron chi connectivity index (χ4n) is 1.47. The third-order valence-electron chi connectivity index (χ3n) is 2.47. The van der Waals surface area contributed by atoms with Crippen molar-refractivity contribution in [2.45, 2.75) is 45.8 Å². The monoisotopic (exact) mass is 226 g/mol. The van der Waals surface area contributed by atoms with E-state index in [4.69, 9.17) is 4.74 Å². The Morgan fingerprint density at radius 2 is 2.19 bits per heavy atom. The van der Waals surface area contributed by atoms with Gasteiger partial charge in [0.25, 0.3) is 0 Å². The minimum absolute atomic E-state index is 0.325. The first-order valence-corrected chi connectivity index (χ1v) is 5.75. The van der Waals surface area contributed by atoms with Gasteiger partial charge in [-0.15, -0.1) is 0 Å². The Kier molecular flexibility index (Phi) is 5.42. The molecule has 0 saturated carbocycles. The van der Waals surface area contributed by atoms with Gasteiger partial charge in [0.05, 0.1) is 12.6 Å². The molecule has 1 unspecified atom stereocenters. The van der Waals surface area contributed by atoms with Crippen LogP contribution in [-0.2, 0) is 11.3 Å². The Morgan fingerprint density at radius 1 is 1.44 bits per heavy atom. The number of hydrogen-bond donors (Lipinski definition) is 1. The molecule has 0 aliphatic carbocycles. The van der Waals surface area contributed by atoms with E-state index >= 15 is 0 Å². The van der Waals surface area contributed by atoms with E-state index in [1.54, 1.807) is 13.4 Å². The molecule has 0 amide bonds. The topological polar surface area (TPSA) is 52.0 Å². The molecule has 1 heterocycles. The van der Waals surface area contributed by atoms with Crippen LogP contribution in [0.25, 0.3) is 0 Å². The van der Waals surface area contributed by atoms with Crippen molar-refractivity contribution in [1.82, 2.24) is 20.1 Å². The minimum atomic E-state index is 0.325. The first-order chi connectivity index (χ1) is 7.65.